The first kappa shape index (κ1) is 12.9. The minimum atomic E-state index is 0.141. The van der Waals surface area contributed by atoms with Gasteiger partial charge in [0, 0.05) is 18.2 Å². The molecular formula is C16H21NO. The third-order valence-corrected chi connectivity index (χ3v) is 3.62. The van der Waals surface area contributed by atoms with E-state index in [4.69, 9.17) is 0 Å². The molecule has 0 unspecified atom stereocenters. The highest BCUT2D eigenvalue weighted by Crippen LogP contribution is 2.24. The molecule has 0 saturated heterocycles. The average molecular weight is 243 g/mol. The van der Waals surface area contributed by atoms with Crippen molar-refractivity contribution in [3.63, 3.8) is 0 Å². The van der Waals surface area contributed by atoms with Gasteiger partial charge in [0.15, 0.2) is 0 Å². The summed E-state index contributed by atoms with van der Waals surface area (Å²) in [6.45, 7) is 4.43. The van der Waals surface area contributed by atoms with Crippen LogP contribution in [0.5, 0.6) is 0 Å². The molecule has 1 saturated carbocycles. The normalized spacial score (nSPS) is 16.2. The monoisotopic (exact) mass is 243 g/mol. The highest BCUT2D eigenvalue weighted by atomic mass is 16.2. The number of rotatable bonds is 4. The number of carbonyl (C=O) groups excluding carboxylic acids is 1. The lowest BCUT2D eigenvalue weighted by atomic mass is 9.93. The molecule has 2 nitrogen and oxygen atoms in total. The maximum Gasteiger partial charge on any atom is 0.254 e. The summed E-state index contributed by atoms with van der Waals surface area (Å²) in [5.74, 6) is 0.141. The van der Waals surface area contributed by atoms with Gasteiger partial charge in [-0.25, -0.2) is 0 Å². The Bertz CT molecular complexity index is 393. The first-order chi connectivity index (χ1) is 8.83. The van der Waals surface area contributed by atoms with E-state index in [-0.39, 0.29) is 5.91 Å². The van der Waals surface area contributed by atoms with Crippen LogP contribution in [0.15, 0.2) is 43.0 Å². The molecule has 0 radical (unpaired) electrons. The Morgan fingerprint density at radius 1 is 1.22 bits per heavy atom. The van der Waals surface area contributed by atoms with Crippen molar-refractivity contribution >= 4 is 5.91 Å². The molecule has 0 N–H and O–H groups in total. The maximum atomic E-state index is 12.5. The lowest BCUT2D eigenvalue weighted by Gasteiger charge is -2.33. The Morgan fingerprint density at radius 3 is 2.50 bits per heavy atom. The molecule has 0 heterocycles. The summed E-state index contributed by atoms with van der Waals surface area (Å²) >= 11 is 0. The van der Waals surface area contributed by atoms with Gasteiger partial charge in [-0.2, -0.15) is 0 Å². The fraction of sp³-hybridized carbons (Fsp3) is 0.438. The van der Waals surface area contributed by atoms with Crippen molar-refractivity contribution in [2.45, 2.75) is 38.1 Å². The Labute approximate surface area is 109 Å². The van der Waals surface area contributed by atoms with Crippen molar-refractivity contribution in [3.8, 4) is 0 Å². The molecule has 1 aliphatic rings. The van der Waals surface area contributed by atoms with Crippen LogP contribution in [-0.2, 0) is 0 Å². The van der Waals surface area contributed by atoms with Crippen LogP contribution in [0.3, 0.4) is 0 Å². The van der Waals surface area contributed by atoms with Crippen LogP contribution in [0.25, 0.3) is 0 Å². The van der Waals surface area contributed by atoms with Crippen LogP contribution >= 0.6 is 0 Å². The quantitative estimate of drug-likeness (QED) is 0.739. The lowest BCUT2D eigenvalue weighted by molar-refractivity contribution is 0.0663. The zero-order valence-electron chi connectivity index (χ0n) is 10.8. The van der Waals surface area contributed by atoms with Crippen LogP contribution < -0.4 is 0 Å². The summed E-state index contributed by atoms with van der Waals surface area (Å²) in [6, 6.07) is 9.95. The molecule has 1 aromatic carbocycles. The van der Waals surface area contributed by atoms with E-state index in [9.17, 15) is 4.79 Å². The SMILES string of the molecule is C=CCN(C(=O)c1ccccc1)C1CCCCC1. The molecule has 0 bridgehead atoms. The van der Waals surface area contributed by atoms with E-state index >= 15 is 0 Å². The van der Waals surface area contributed by atoms with Crippen LogP contribution in [0, 0.1) is 0 Å². The lowest BCUT2D eigenvalue weighted by Crippen LogP contribution is -2.41. The van der Waals surface area contributed by atoms with Gasteiger partial charge < -0.3 is 4.90 Å². The van der Waals surface area contributed by atoms with E-state index in [1.165, 1.54) is 19.3 Å². The van der Waals surface area contributed by atoms with E-state index in [1.807, 2.05) is 41.3 Å². The number of carbonyl (C=O) groups is 1. The summed E-state index contributed by atoms with van der Waals surface area (Å²) < 4.78 is 0. The fourth-order valence-corrected chi connectivity index (χ4v) is 2.68. The van der Waals surface area contributed by atoms with E-state index in [1.54, 1.807) is 0 Å². The second-order valence-electron chi connectivity index (χ2n) is 4.90. The van der Waals surface area contributed by atoms with Gasteiger partial charge >= 0.3 is 0 Å². The van der Waals surface area contributed by atoms with Crippen LogP contribution in [0.2, 0.25) is 0 Å². The summed E-state index contributed by atoms with van der Waals surface area (Å²) in [5, 5.41) is 0. The number of hydrogen-bond acceptors (Lipinski definition) is 1. The van der Waals surface area contributed by atoms with Crippen molar-refractivity contribution in [3.05, 3.63) is 48.6 Å². The largest absolute Gasteiger partial charge is 0.332 e. The minimum Gasteiger partial charge on any atom is -0.332 e. The van der Waals surface area contributed by atoms with Gasteiger partial charge in [0.2, 0.25) is 0 Å². The molecule has 0 aromatic heterocycles. The molecule has 1 aromatic rings. The third-order valence-electron chi connectivity index (χ3n) is 3.62. The van der Waals surface area contributed by atoms with Gasteiger partial charge in [-0.1, -0.05) is 43.5 Å². The highest BCUT2D eigenvalue weighted by Gasteiger charge is 2.24. The van der Waals surface area contributed by atoms with Crippen molar-refractivity contribution in [2.24, 2.45) is 0 Å². The minimum absolute atomic E-state index is 0.141. The topological polar surface area (TPSA) is 20.3 Å². The van der Waals surface area contributed by atoms with Crippen molar-refractivity contribution in [1.82, 2.24) is 4.90 Å². The summed E-state index contributed by atoms with van der Waals surface area (Å²) in [5.41, 5.74) is 0.782. The zero-order valence-corrected chi connectivity index (χ0v) is 10.8. The molecule has 0 atom stereocenters. The fourth-order valence-electron chi connectivity index (χ4n) is 2.68. The van der Waals surface area contributed by atoms with Gasteiger partial charge in [0.25, 0.3) is 5.91 Å². The van der Waals surface area contributed by atoms with E-state index in [0.29, 0.717) is 12.6 Å². The molecule has 2 heteroatoms. The van der Waals surface area contributed by atoms with E-state index < -0.39 is 0 Å². The van der Waals surface area contributed by atoms with Crippen LogP contribution in [0.1, 0.15) is 42.5 Å². The Hall–Kier alpha value is -1.57. The molecule has 1 fully saturated rings. The number of benzene rings is 1. The second kappa shape index (κ2) is 6.39. The van der Waals surface area contributed by atoms with Crippen LogP contribution in [0.4, 0.5) is 0 Å². The van der Waals surface area contributed by atoms with Crippen LogP contribution in [-0.4, -0.2) is 23.4 Å². The van der Waals surface area contributed by atoms with Gasteiger partial charge in [0.05, 0.1) is 0 Å². The van der Waals surface area contributed by atoms with Crippen molar-refractivity contribution < 1.29 is 4.79 Å². The molecule has 96 valence electrons. The predicted octanol–water partition coefficient (Wildman–Crippen LogP) is 3.65. The summed E-state index contributed by atoms with van der Waals surface area (Å²) in [4.78, 5) is 14.5. The first-order valence-electron chi connectivity index (χ1n) is 6.80. The van der Waals surface area contributed by atoms with E-state index in [2.05, 4.69) is 6.58 Å². The number of nitrogens with zero attached hydrogens (tertiary/aromatic N) is 1. The maximum absolute atomic E-state index is 12.5. The molecule has 0 aliphatic heterocycles. The summed E-state index contributed by atoms with van der Waals surface area (Å²) in [7, 11) is 0. The number of hydrogen-bond donors (Lipinski definition) is 0. The van der Waals surface area contributed by atoms with Crippen molar-refractivity contribution in [1.29, 1.82) is 0 Å². The smallest absolute Gasteiger partial charge is 0.254 e. The Kier molecular flexibility index (Phi) is 4.57. The van der Waals surface area contributed by atoms with Gasteiger partial charge in [-0.3, -0.25) is 4.79 Å². The predicted molar refractivity (Wildman–Crippen MR) is 74.5 cm³/mol. The molecule has 2 rings (SSSR count). The number of amides is 1. The van der Waals surface area contributed by atoms with Crippen molar-refractivity contribution in [2.75, 3.05) is 6.54 Å². The molecule has 1 aliphatic carbocycles. The van der Waals surface area contributed by atoms with Gasteiger partial charge in [-0.15, -0.1) is 6.58 Å². The third kappa shape index (κ3) is 3.00. The molecule has 1 amide bonds. The van der Waals surface area contributed by atoms with Gasteiger partial charge in [0.1, 0.15) is 0 Å². The molecule has 0 spiro atoms. The highest BCUT2D eigenvalue weighted by molar-refractivity contribution is 5.94. The van der Waals surface area contributed by atoms with E-state index in [0.717, 1.165) is 18.4 Å². The molecule has 18 heavy (non-hydrogen) atoms. The average Bonchev–Trinajstić information content (AvgIpc) is 2.46. The Balaban J connectivity index is 2.13. The Morgan fingerprint density at radius 2 is 1.89 bits per heavy atom. The first-order valence-corrected chi connectivity index (χ1v) is 6.80. The molecular weight excluding hydrogens is 222 g/mol. The zero-order chi connectivity index (χ0) is 12.8. The van der Waals surface area contributed by atoms with Gasteiger partial charge in [-0.05, 0) is 25.0 Å². The standard InChI is InChI=1S/C16H21NO/c1-2-13-17(15-11-7-4-8-12-15)16(18)14-9-5-3-6-10-14/h2-3,5-6,9-10,15H,1,4,7-8,11-13H2. The second-order valence-corrected chi connectivity index (χ2v) is 4.90. The summed E-state index contributed by atoms with van der Waals surface area (Å²) in [6.07, 6.45) is 7.87.